The van der Waals surface area contributed by atoms with Crippen molar-refractivity contribution in [2.45, 2.75) is 32.2 Å². The summed E-state index contributed by atoms with van der Waals surface area (Å²) in [6.07, 6.45) is 2.23. The molecule has 0 fully saturated rings. The number of carbonyl (C=O) groups excluding carboxylic acids is 1. The highest BCUT2D eigenvalue weighted by atomic mass is 79.9. The Balaban J connectivity index is 1.52. The van der Waals surface area contributed by atoms with E-state index in [-0.39, 0.29) is 18.4 Å². The molecule has 4 nitrogen and oxygen atoms in total. The monoisotopic (exact) mass is 410 g/mol. The van der Waals surface area contributed by atoms with Gasteiger partial charge in [-0.25, -0.2) is 0 Å². The number of nitrogens with one attached hydrogen (secondary N) is 1. The van der Waals surface area contributed by atoms with E-state index in [1.807, 2.05) is 43.3 Å². The van der Waals surface area contributed by atoms with Gasteiger partial charge < -0.3 is 9.84 Å². The van der Waals surface area contributed by atoms with Crippen LogP contribution in [0.3, 0.4) is 0 Å². The van der Waals surface area contributed by atoms with Crippen LogP contribution in [0.25, 0.3) is 11.3 Å². The highest BCUT2D eigenvalue weighted by molar-refractivity contribution is 9.10. The summed E-state index contributed by atoms with van der Waals surface area (Å²) in [7, 11) is 0. The number of carbonyl (C=O) groups is 1. The summed E-state index contributed by atoms with van der Waals surface area (Å²) in [5, 5.41) is 7.24. The van der Waals surface area contributed by atoms with E-state index in [2.05, 4.69) is 38.5 Å². The Morgan fingerprint density at radius 3 is 2.81 bits per heavy atom. The van der Waals surface area contributed by atoms with Gasteiger partial charge in [0.1, 0.15) is 0 Å². The van der Waals surface area contributed by atoms with Crippen LogP contribution in [-0.2, 0) is 17.6 Å². The predicted molar refractivity (Wildman–Crippen MR) is 104 cm³/mol. The van der Waals surface area contributed by atoms with E-state index in [9.17, 15) is 4.79 Å². The second kappa shape index (κ2) is 7.08. The number of benzene rings is 2. The molecule has 1 N–H and O–H groups in total. The number of nitrogens with zero attached hydrogens (tertiary/aromatic N) is 1. The molecule has 5 heteroatoms. The standard InChI is InChI=1S/C21H19BrN2O2/c1-13-18(21(26-24-13)15-6-9-16(22)10-7-15)12-20(25)23-19-11-8-14-4-2-3-5-17(14)19/h2-7,9-10,19H,8,11-12H2,1H3,(H,23,25). The van der Waals surface area contributed by atoms with Crippen molar-refractivity contribution >= 4 is 21.8 Å². The maximum Gasteiger partial charge on any atom is 0.225 e. The zero-order valence-corrected chi connectivity index (χ0v) is 16.0. The minimum atomic E-state index is -0.00337. The summed E-state index contributed by atoms with van der Waals surface area (Å²) in [5.41, 5.74) is 5.08. The third-order valence-electron chi connectivity index (χ3n) is 4.90. The van der Waals surface area contributed by atoms with Crippen LogP contribution in [0.4, 0.5) is 0 Å². The number of aryl methyl sites for hydroxylation is 2. The molecule has 1 unspecified atom stereocenters. The summed E-state index contributed by atoms with van der Waals surface area (Å²) >= 11 is 3.43. The molecule has 3 aromatic rings. The van der Waals surface area contributed by atoms with Crippen molar-refractivity contribution in [1.82, 2.24) is 10.5 Å². The molecule has 0 saturated heterocycles. The molecular weight excluding hydrogens is 392 g/mol. The van der Waals surface area contributed by atoms with Crippen molar-refractivity contribution in [3.8, 4) is 11.3 Å². The molecule has 0 spiro atoms. The molecule has 0 bridgehead atoms. The van der Waals surface area contributed by atoms with Crippen LogP contribution in [0, 0.1) is 6.92 Å². The van der Waals surface area contributed by atoms with Crippen molar-refractivity contribution in [2.24, 2.45) is 0 Å². The van der Waals surface area contributed by atoms with Crippen molar-refractivity contribution in [1.29, 1.82) is 0 Å². The molecule has 26 heavy (non-hydrogen) atoms. The van der Waals surface area contributed by atoms with E-state index in [0.717, 1.165) is 34.1 Å². The molecule has 2 aromatic carbocycles. The molecule has 4 rings (SSSR count). The average molecular weight is 411 g/mol. The first-order valence-corrected chi connectivity index (χ1v) is 9.49. The van der Waals surface area contributed by atoms with E-state index < -0.39 is 0 Å². The fraction of sp³-hybridized carbons (Fsp3) is 0.238. The number of hydrogen-bond acceptors (Lipinski definition) is 3. The molecule has 132 valence electrons. The molecule has 1 aliphatic rings. The molecule has 1 amide bonds. The molecular formula is C21H19BrN2O2. The normalized spacial score (nSPS) is 15.7. The second-order valence-corrected chi connectivity index (χ2v) is 7.53. The van der Waals surface area contributed by atoms with Crippen LogP contribution < -0.4 is 5.32 Å². The summed E-state index contributed by atoms with van der Waals surface area (Å²) < 4.78 is 6.50. The Morgan fingerprint density at radius 1 is 1.23 bits per heavy atom. The molecule has 1 heterocycles. The van der Waals surface area contributed by atoms with E-state index >= 15 is 0 Å². The number of fused-ring (bicyclic) bond motifs is 1. The van der Waals surface area contributed by atoms with Gasteiger partial charge in [-0.05, 0) is 43.0 Å². The molecule has 0 aliphatic heterocycles. The topological polar surface area (TPSA) is 55.1 Å². The average Bonchev–Trinajstić information content (AvgIpc) is 3.21. The minimum Gasteiger partial charge on any atom is -0.356 e. The van der Waals surface area contributed by atoms with Crippen LogP contribution in [0.2, 0.25) is 0 Å². The van der Waals surface area contributed by atoms with Crippen LogP contribution in [0.5, 0.6) is 0 Å². The molecule has 1 aliphatic carbocycles. The van der Waals surface area contributed by atoms with Crippen LogP contribution in [0.1, 0.15) is 34.8 Å². The highest BCUT2D eigenvalue weighted by Gasteiger charge is 2.25. The predicted octanol–water partition coefficient (Wildman–Crippen LogP) is 4.76. The SMILES string of the molecule is Cc1noc(-c2ccc(Br)cc2)c1CC(=O)NC1CCc2ccccc21. The Morgan fingerprint density at radius 2 is 2.00 bits per heavy atom. The number of amides is 1. The summed E-state index contributed by atoms with van der Waals surface area (Å²) in [4.78, 5) is 12.7. The van der Waals surface area contributed by atoms with E-state index in [1.165, 1.54) is 11.1 Å². The maximum atomic E-state index is 12.7. The lowest BCUT2D eigenvalue weighted by atomic mass is 10.0. The Labute approximate surface area is 160 Å². The first kappa shape index (κ1) is 17.0. The van der Waals surface area contributed by atoms with Crippen molar-refractivity contribution in [2.75, 3.05) is 0 Å². The zero-order valence-electron chi connectivity index (χ0n) is 14.5. The fourth-order valence-corrected chi connectivity index (χ4v) is 3.80. The Hall–Kier alpha value is -2.40. The van der Waals surface area contributed by atoms with Gasteiger partial charge >= 0.3 is 0 Å². The first-order chi connectivity index (χ1) is 12.6. The number of aromatic nitrogens is 1. The van der Waals surface area contributed by atoms with E-state index in [0.29, 0.717) is 5.76 Å². The molecule has 1 aromatic heterocycles. The van der Waals surface area contributed by atoms with Gasteiger partial charge in [-0.3, -0.25) is 4.79 Å². The number of hydrogen-bond donors (Lipinski definition) is 1. The molecule has 1 atom stereocenters. The van der Waals surface area contributed by atoms with Gasteiger partial charge in [0.25, 0.3) is 0 Å². The van der Waals surface area contributed by atoms with Gasteiger partial charge in [-0.15, -0.1) is 0 Å². The van der Waals surface area contributed by atoms with Gasteiger partial charge in [0.05, 0.1) is 18.2 Å². The fourth-order valence-electron chi connectivity index (χ4n) is 3.54. The quantitative estimate of drug-likeness (QED) is 0.674. The van der Waals surface area contributed by atoms with Crippen LogP contribution >= 0.6 is 15.9 Å². The maximum absolute atomic E-state index is 12.7. The lowest BCUT2D eigenvalue weighted by Gasteiger charge is -2.14. The number of halogens is 1. The van der Waals surface area contributed by atoms with Crippen LogP contribution in [0.15, 0.2) is 57.5 Å². The molecule has 0 saturated carbocycles. The zero-order chi connectivity index (χ0) is 18.1. The second-order valence-electron chi connectivity index (χ2n) is 6.62. The first-order valence-electron chi connectivity index (χ1n) is 8.70. The van der Waals surface area contributed by atoms with Gasteiger partial charge in [-0.2, -0.15) is 0 Å². The molecule has 0 radical (unpaired) electrons. The summed E-state index contributed by atoms with van der Waals surface area (Å²) in [6.45, 7) is 1.87. The van der Waals surface area contributed by atoms with E-state index in [1.54, 1.807) is 0 Å². The van der Waals surface area contributed by atoms with Gasteiger partial charge in [0, 0.05) is 15.6 Å². The largest absolute Gasteiger partial charge is 0.356 e. The summed E-state index contributed by atoms with van der Waals surface area (Å²) in [6, 6.07) is 16.2. The van der Waals surface area contributed by atoms with Gasteiger partial charge in [0.2, 0.25) is 5.91 Å². The Bertz CT molecular complexity index is 947. The number of rotatable bonds is 4. The van der Waals surface area contributed by atoms with Gasteiger partial charge in [-0.1, -0.05) is 57.5 Å². The van der Waals surface area contributed by atoms with E-state index in [4.69, 9.17) is 4.52 Å². The lowest BCUT2D eigenvalue weighted by molar-refractivity contribution is -0.121. The smallest absolute Gasteiger partial charge is 0.225 e. The third kappa shape index (κ3) is 3.31. The lowest BCUT2D eigenvalue weighted by Crippen LogP contribution is -2.28. The van der Waals surface area contributed by atoms with Gasteiger partial charge in [0.15, 0.2) is 5.76 Å². The van der Waals surface area contributed by atoms with Crippen molar-refractivity contribution in [3.05, 3.63) is 75.4 Å². The summed E-state index contributed by atoms with van der Waals surface area (Å²) in [5.74, 6) is 0.660. The minimum absolute atomic E-state index is 0.00337. The van der Waals surface area contributed by atoms with Crippen molar-refractivity contribution in [3.63, 3.8) is 0 Å². The van der Waals surface area contributed by atoms with Crippen LogP contribution in [-0.4, -0.2) is 11.1 Å². The van der Waals surface area contributed by atoms with Crippen molar-refractivity contribution < 1.29 is 9.32 Å². The Kier molecular flexibility index (Phi) is 4.64. The third-order valence-corrected chi connectivity index (χ3v) is 5.43. The highest BCUT2D eigenvalue weighted by Crippen LogP contribution is 2.31.